The van der Waals surface area contributed by atoms with Crippen LogP contribution in [0.3, 0.4) is 0 Å². The lowest BCUT2D eigenvalue weighted by Gasteiger charge is -2.15. The minimum Gasteiger partial charge on any atom is -0.508 e. The molecule has 3 heteroatoms. The Bertz CT molecular complexity index is 548. The quantitative estimate of drug-likeness (QED) is 0.877. The smallest absolute Gasteiger partial charge is 0.127 e. The van der Waals surface area contributed by atoms with Crippen molar-refractivity contribution in [2.75, 3.05) is 0 Å². The fourth-order valence-electron chi connectivity index (χ4n) is 2.06. The first-order valence-electron chi connectivity index (χ1n) is 6.33. The zero-order valence-electron chi connectivity index (χ0n) is 11.2. The Morgan fingerprint density at radius 2 is 2.00 bits per heavy atom. The van der Waals surface area contributed by atoms with Gasteiger partial charge in [-0.1, -0.05) is 29.8 Å². The van der Waals surface area contributed by atoms with Crippen molar-refractivity contribution in [2.45, 2.75) is 26.4 Å². The number of aryl methyl sites for hydroxylation is 1. The standard InChI is InChI=1S/C16H18FNO/c1-11-4-3-5-14(6-11)12(2)18-10-13-7-15(17)9-16(19)8-13/h3-9,12,18-19H,10H2,1-2H3/t12-/m0/s1. The average molecular weight is 259 g/mol. The normalized spacial score (nSPS) is 12.4. The summed E-state index contributed by atoms with van der Waals surface area (Å²) in [5, 5.41) is 12.7. The monoisotopic (exact) mass is 259 g/mol. The summed E-state index contributed by atoms with van der Waals surface area (Å²) in [4.78, 5) is 0. The Labute approximate surface area is 112 Å². The molecule has 2 nitrogen and oxygen atoms in total. The maximum Gasteiger partial charge on any atom is 0.127 e. The van der Waals surface area contributed by atoms with Crippen molar-refractivity contribution in [3.05, 3.63) is 65.0 Å². The summed E-state index contributed by atoms with van der Waals surface area (Å²) in [6, 6.07) is 12.5. The summed E-state index contributed by atoms with van der Waals surface area (Å²) < 4.78 is 13.1. The average Bonchev–Trinajstić information content (AvgIpc) is 2.35. The topological polar surface area (TPSA) is 32.3 Å². The van der Waals surface area contributed by atoms with E-state index < -0.39 is 5.82 Å². The second kappa shape index (κ2) is 5.85. The molecule has 2 aromatic carbocycles. The van der Waals surface area contributed by atoms with Gasteiger partial charge in [-0.3, -0.25) is 0 Å². The molecule has 2 rings (SSSR count). The van der Waals surface area contributed by atoms with Crippen LogP contribution in [0.25, 0.3) is 0 Å². The Kier molecular flexibility index (Phi) is 4.17. The number of aromatic hydroxyl groups is 1. The molecule has 0 heterocycles. The van der Waals surface area contributed by atoms with Crippen molar-refractivity contribution < 1.29 is 9.50 Å². The summed E-state index contributed by atoms with van der Waals surface area (Å²) in [6.45, 7) is 4.63. The third-order valence-electron chi connectivity index (χ3n) is 3.10. The van der Waals surface area contributed by atoms with Crippen LogP contribution >= 0.6 is 0 Å². The summed E-state index contributed by atoms with van der Waals surface area (Å²) in [5.74, 6) is -0.458. The first kappa shape index (κ1) is 13.6. The number of halogens is 1. The van der Waals surface area contributed by atoms with Crippen LogP contribution in [0.2, 0.25) is 0 Å². The number of hydrogen-bond donors (Lipinski definition) is 2. The van der Waals surface area contributed by atoms with Crippen LogP contribution < -0.4 is 5.32 Å². The van der Waals surface area contributed by atoms with Crippen molar-refractivity contribution in [2.24, 2.45) is 0 Å². The molecule has 2 aromatic rings. The van der Waals surface area contributed by atoms with E-state index in [0.29, 0.717) is 6.54 Å². The van der Waals surface area contributed by atoms with Gasteiger partial charge in [0.25, 0.3) is 0 Å². The van der Waals surface area contributed by atoms with Crippen molar-refractivity contribution in [1.29, 1.82) is 0 Å². The molecule has 19 heavy (non-hydrogen) atoms. The number of phenolic OH excluding ortho intramolecular Hbond substituents is 1. The number of nitrogens with one attached hydrogen (secondary N) is 1. The maximum atomic E-state index is 13.1. The Morgan fingerprint density at radius 1 is 1.21 bits per heavy atom. The van der Waals surface area contributed by atoms with Crippen molar-refractivity contribution in [3.63, 3.8) is 0 Å². The molecule has 0 fully saturated rings. The molecule has 0 saturated carbocycles. The lowest BCUT2D eigenvalue weighted by Crippen LogP contribution is -2.18. The molecule has 0 bridgehead atoms. The number of hydrogen-bond acceptors (Lipinski definition) is 2. The van der Waals surface area contributed by atoms with E-state index in [1.54, 1.807) is 6.07 Å². The second-order valence-corrected chi connectivity index (χ2v) is 4.83. The molecular weight excluding hydrogens is 241 g/mol. The van der Waals surface area contributed by atoms with Gasteiger partial charge in [-0.05, 0) is 37.1 Å². The Hall–Kier alpha value is -1.87. The Balaban J connectivity index is 2.02. The number of phenols is 1. The van der Waals surface area contributed by atoms with Gasteiger partial charge in [0, 0.05) is 18.7 Å². The highest BCUT2D eigenvalue weighted by atomic mass is 19.1. The largest absolute Gasteiger partial charge is 0.508 e. The Morgan fingerprint density at radius 3 is 2.68 bits per heavy atom. The highest BCUT2D eigenvalue weighted by Crippen LogP contribution is 2.17. The highest BCUT2D eigenvalue weighted by molar-refractivity contribution is 5.29. The van der Waals surface area contributed by atoms with Gasteiger partial charge in [-0.2, -0.15) is 0 Å². The molecular formula is C16H18FNO. The van der Waals surface area contributed by atoms with Gasteiger partial charge >= 0.3 is 0 Å². The van der Waals surface area contributed by atoms with E-state index in [4.69, 9.17) is 0 Å². The summed E-state index contributed by atoms with van der Waals surface area (Å²) in [6.07, 6.45) is 0. The molecule has 100 valence electrons. The summed E-state index contributed by atoms with van der Waals surface area (Å²) >= 11 is 0. The fraction of sp³-hybridized carbons (Fsp3) is 0.250. The molecule has 0 spiro atoms. The molecule has 0 saturated heterocycles. The van der Waals surface area contributed by atoms with Crippen LogP contribution in [-0.4, -0.2) is 5.11 Å². The zero-order chi connectivity index (χ0) is 13.8. The van der Waals surface area contributed by atoms with Gasteiger partial charge < -0.3 is 10.4 Å². The molecule has 0 aliphatic carbocycles. The number of benzene rings is 2. The highest BCUT2D eigenvalue weighted by Gasteiger charge is 2.06. The predicted octanol–water partition coefficient (Wildman–Crippen LogP) is 3.69. The molecule has 0 unspecified atom stereocenters. The number of rotatable bonds is 4. The van der Waals surface area contributed by atoms with Crippen LogP contribution in [0, 0.1) is 12.7 Å². The first-order valence-corrected chi connectivity index (χ1v) is 6.33. The second-order valence-electron chi connectivity index (χ2n) is 4.83. The van der Waals surface area contributed by atoms with Gasteiger partial charge in [0.05, 0.1) is 0 Å². The van der Waals surface area contributed by atoms with Crippen LogP contribution in [0.1, 0.15) is 29.7 Å². The summed E-state index contributed by atoms with van der Waals surface area (Å²) in [5.41, 5.74) is 3.15. The lowest BCUT2D eigenvalue weighted by atomic mass is 10.1. The van der Waals surface area contributed by atoms with Gasteiger partial charge in [0.1, 0.15) is 11.6 Å². The minimum absolute atomic E-state index is 0.0417. The van der Waals surface area contributed by atoms with E-state index in [2.05, 4.69) is 37.4 Å². The molecule has 1 atom stereocenters. The SMILES string of the molecule is Cc1cccc([C@H](C)NCc2cc(O)cc(F)c2)c1. The van der Waals surface area contributed by atoms with Gasteiger partial charge in [0.2, 0.25) is 0 Å². The van der Waals surface area contributed by atoms with Crippen LogP contribution in [0.15, 0.2) is 42.5 Å². The van der Waals surface area contributed by atoms with E-state index in [-0.39, 0.29) is 11.8 Å². The van der Waals surface area contributed by atoms with Gasteiger partial charge in [-0.15, -0.1) is 0 Å². The fourth-order valence-corrected chi connectivity index (χ4v) is 2.06. The summed E-state index contributed by atoms with van der Waals surface area (Å²) in [7, 11) is 0. The van der Waals surface area contributed by atoms with E-state index in [9.17, 15) is 9.50 Å². The van der Waals surface area contributed by atoms with E-state index in [0.717, 1.165) is 11.6 Å². The third-order valence-corrected chi connectivity index (χ3v) is 3.10. The minimum atomic E-state index is -0.417. The van der Waals surface area contributed by atoms with Crippen molar-refractivity contribution >= 4 is 0 Å². The van der Waals surface area contributed by atoms with Gasteiger partial charge in [-0.25, -0.2) is 4.39 Å². The molecule has 2 N–H and O–H groups in total. The van der Waals surface area contributed by atoms with Crippen LogP contribution in [-0.2, 0) is 6.54 Å². The van der Waals surface area contributed by atoms with Crippen LogP contribution in [0.5, 0.6) is 5.75 Å². The predicted molar refractivity (Wildman–Crippen MR) is 74.5 cm³/mol. The lowest BCUT2D eigenvalue weighted by molar-refractivity contribution is 0.466. The molecule has 0 amide bonds. The van der Waals surface area contributed by atoms with Crippen LogP contribution in [0.4, 0.5) is 4.39 Å². The molecule has 0 radical (unpaired) electrons. The molecule has 0 aliphatic rings. The van der Waals surface area contributed by atoms with Crippen molar-refractivity contribution in [3.8, 4) is 5.75 Å². The maximum absolute atomic E-state index is 13.1. The van der Waals surface area contributed by atoms with Crippen molar-refractivity contribution in [1.82, 2.24) is 5.32 Å². The zero-order valence-corrected chi connectivity index (χ0v) is 11.2. The molecule has 0 aliphatic heterocycles. The first-order chi connectivity index (χ1) is 9.04. The van der Waals surface area contributed by atoms with E-state index in [1.807, 2.05) is 6.07 Å². The van der Waals surface area contributed by atoms with Gasteiger partial charge in [0.15, 0.2) is 0 Å². The molecule has 0 aromatic heterocycles. The third kappa shape index (κ3) is 3.80. The van der Waals surface area contributed by atoms with E-state index >= 15 is 0 Å². The van der Waals surface area contributed by atoms with E-state index in [1.165, 1.54) is 17.2 Å².